The summed E-state index contributed by atoms with van der Waals surface area (Å²) in [5, 5.41) is 3.44. The largest absolute Gasteiger partial charge is 0.384 e. The van der Waals surface area contributed by atoms with Crippen LogP contribution in [0.15, 0.2) is 18.5 Å². The molecule has 0 aromatic carbocycles. The smallest absolute Gasteiger partial charge is 0.0556 e. The minimum atomic E-state index is 1.07. The zero-order valence-corrected chi connectivity index (χ0v) is 10.6. The Morgan fingerprint density at radius 1 is 1.12 bits per heavy atom. The van der Waals surface area contributed by atoms with Crippen molar-refractivity contribution in [3.8, 4) is 0 Å². The first-order chi connectivity index (χ1) is 7.84. The van der Waals surface area contributed by atoms with Gasteiger partial charge < -0.3 is 5.32 Å². The molecular weight excluding hydrogens is 196 g/mol. The molecule has 0 saturated carbocycles. The lowest BCUT2D eigenvalue weighted by Gasteiger charge is -2.08. The number of nitrogens with zero attached hydrogens (tertiary/aromatic N) is 1. The van der Waals surface area contributed by atoms with Gasteiger partial charge in [0, 0.05) is 12.7 Å². The van der Waals surface area contributed by atoms with Crippen LogP contribution in [-0.2, 0) is 0 Å². The summed E-state index contributed by atoms with van der Waals surface area (Å²) in [6.45, 7) is 5.44. The van der Waals surface area contributed by atoms with Crippen LogP contribution in [0.25, 0.3) is 0 Å². The second-order valence-electron chi connectivity index (χ2n) is 4.39. The molecule has 0 atom stereocenters. The number of anilines is 1. The van der Waals surface area contributed by atoms with Crippen molar-refractivity contribution in [2.45, 2.75) is 52.4 Å². The van der Waals surface area contributed by atoms with Gasteiger partial charge in [-0.25, -0.2) is 0 Å². The van der Waals surface area contributed by atoms with E-state index in [4.69, 9.17) is 0 Å². The number of unbranched alkanes of at least 4 members (excludes halogenated alkanes) is 5. The normalized spacial score (nSPS) is 10.4. The van der Waals surface area contributed by atoms with Crippen molar-refractivity contribution in [3.05, 3.63) is 24.0 Å². The maximum absolute atomic E-state index is 4.12. The highest BCUT2D eigenvalue weighted by molar-refractivity contribution is 5.47. The van der Waals surface area contributed by atoms with Gasteiger partial charge in [-0.2, -0.15) is 0 Å². The Kier molecular flexibility index (Phi) is 6.62. The quantitative estimate of drug-likeness (QED) is 0.665. The summed E-state index contributed by atoms with van der Waals surface area (Å²) in [7, 11) is 0. The van der Waals surface area contributed by atoms with E-state index in [2.05, 4.69) is 24.1 Å². The molecule has 0 aliphatic heterocycles. The summed E-state index contributed by atoms with van der Waals surface area (Å²) in [5.74, 6) is 0. The molecule has 1 N–H and O–H groups in total. The molecule has 1 aromatic heterocycles. The SMILES string of the molecule is CCCCCCCCNc1cnccc1C. The van der Waals surface area contributed by atoms with Crippen molar-refractivity contribution in [1.29, 1.82) is 0 Å². The van der Waals surface area contributed by atoms with Crippen LogP contribution in [0.4, 0.5) is 5.69 Å². The van der Waals surface area contributed by atoms with E-state index >= 15 is 0 Å². The summed E-state index contributed by atoms with van der Waals surface area (Å²) in [4.78, 5) is 4.12. The van der Waals surface area contributed by atoms with E-state index in [0.29, 0.717) is 0 Å². The van der Waals surface area contributed by atoms with Crippen molar-refractivity contribution in [2.24, 2.45) is 0 Å². The van der Waals surface area contributed by atoms with Gasteiger partial charge in [-0.05, 0) is 25.0 Å². The highest BCUT2D eigenvalue weighted by Gasteiger charge is 1.95. The molecule has 1 aromatic rings. The number of nitrogens with one attached hydrogen (secondary N) is 1. The van der Waals surface area contributed by atoms with Crippen LogP contribution in [0, 0.1) is 6.92 Å². The Labute approximate surface area is 99.5 Å². The molecule has 0 spiro atoms. The summed E-state index contributed by atoms with van der Waals surface area (Å²) >= 11 is 0. The summed E-state index contributed by atoms with van der Waals surface area (Å²) in [6, 6.07) is 2.05. The topological polar surface area (TPSA) is 24.9 Å². The number of pyridine rings is 1. The van der Waals surface area contributed by atoms with E-state index in [-0.39, 0.29) is 0 Å². The Bertz CT molecular complexity index is 284. The van der Waals surface area contributed by atoms with Crippen LogP contribution in [0.3, 0.4) is 0 Å². The average Bonchev–Trinajstić information content (AvgIpc) is 2.30. The highest BCUT2D eigenvalue weighted by Crippen LogP contribution is 2.12. The van der Waals surface area contributed by atoms with Crippen LogP contribution < -0.4 is 5.32 Å². The van der Waals surface area contributed by atoms with Crippen LogP contribution in [0.5, 0.6) is 0 Å². The van der Waals surface area contributed by atoms with E-state index < -0.39 is 0 Å². The monoisotopic (exact) mass is 220 g/mol. The van der Waals surface area contributed by atoms with Crippen molar-refractivity contribution >= 4 is 5.69 Å². The summed E-state index contributed by atoms with van der Waals surface area (Å²) < 4.78 is 0. The van der Waals surface area contributed by atoms with Crippen molar-refractivity contribution in [3.63, 3.8) is 0 Å². The third kappa shape index (κ3) is 5.15. The fourth-order valence-electron chi connectivity index (χ4n) is 1.78. The first-order valence-electron chi connectivity index (χ1n) is 6.49. The van der Waals surface area contributed by atoms with Crippen LogP contribution >= 0.6 is 0 Å². The van der Waals surface area contributed by atoms with Gasteiger partial charge in [-0.3, -0.25) is 4.98 Å². The Balaban J connectivity index is 2.05. The van der Waals surface area contributed by atoms with Gasteiger partial charge in [0.05, 0.1) is 11.9 Å². The first kappa shape index (κ1) is 13.0. The minimum Gasteiger partial charge on any atom is -0.384 e. The number of rotatable bonds is 8. The third-order valence-corrected chi connectivity index (χ3v) is 2.88. The number of hydrogen-bond acceptors (Lipinski definition) is 2. The van der Waals surface area contributed by atoms with Crippen molar-refractivity contribution < 1.29 is 0 Å². The molecule has 0 bridgehead atoms. The lowest BCUT2D eigenvalue weighted by atomic mass is 10.1. The Morgan fingerprint density at radius 2 is 1.88 bits per heavy atom. The number of aromatic nitrogens is 1. The van der Waals surface area contributed by atoms with E-state index in [1.54, 1.807) is 0 Å². The molecule has 2 heteroatoms. The summed E-state index contributed by atoms with van der Waals surface area (Å²) in [5.41, 5.74) is 2.46. The van der Waals surface area contributed by atoms with Crippen molar-refractivity contribution in [1.82, 2.24) is 4.98 Å². The molecule has 0 unspecified atom stereocenters. The second-order valence-corrected chi connectivity index (χ2v) is 4.39. The fraction of sp³-hybridized carbons (Fsp3) is 0.643. The van der Waals surface area contributed by atoms with Gasteiger partial charge in [0.2, 0.25) is 0 Å². The lowest BCUT2D eigenvalue weighted by molar-refractivity contribution is 0.617. The number of hydrogen-bond donors (Lipinski definition) is 1. The van der Waals surface area contributed by atoms with Gasteiger partial charge in [0.1, 0.15) is 0 Å². The van der Waals surface area contributed by atoms with E-state index in [9.17, 15) is 0 Å². The maximum Gasteiger partial charge on any atom is 0.0556 e. The van der Waals surface area contributed by atoms with E-state index in [1.165, 1.54) is 49.8 Å². The fourth-order valence-corrected chi connectivity index (χ4v) is 1.78. The minimum absolute atomic E-state index is 1.07. The molecule has 16 heavy (non-hydrogen) atoms. The van der Waals surface area contributed by atoms with Crippen LogP contribution in [0.1, 0.15) is 51.0 Å². The molecule has 90 valence electrons. The molecule has 0 fully saturated rings. The predicted molar refractivity (Wildman–Crippen MR) is 70.8 cm³/mol. The molecule has 0 aliphatic rings. The van der Waals surface area contributed by atoms with Gasteiger partial charge in [0.25, 0.3) is 0 Å². The molecule has 2 nitrogen and oxygen atoms in total. The van der Waals surface area contributed by atoms with Gasteiger partial charge in [-0.15, -0.1) is 0 Å². The third-order valence-electron chi connectivity index (χ3n) is 2.88. The molecular formula is C14H24N2. The lowest BCUT2D eigenvalue weighted by Crippen LogP contribution is -2.03. The molecule has 1 heterocycles. The summed E-state index contributed by atoms with van der Waals surface area (Å²) in [6.07, 6.45) is 11.8. The average molecular weight is 220 g/mol. The highest BCUT2D eigenvalue weighted by atomic mass is 14.9. The van der Waals surface area contributed by atoms with Crippen molar-refractivity contribution in [2.75, 3.05) is 11.9 Å². The molecule has 0 radical (unpaired) electrons. The Hall–Kier alpha value is -1.05. The zero-order valence-electron chi connectivity index (χ0n) is 10.6. The van der Waals surface area contributed by atoms with Gasteiger partial charge in [-0.1, -0.05) is 39.0 Å². The van der Waals surface area contributed by atoms with E-state index in [1.807, 2.05) is 18.5 Å². The van der Waals surface area contributed by atoms with Crippen LogP contribution in [0.2, 0.25) is 0 Å². The number of aryl methyl sites for hydroxylation is 1. The Morgan fingerprint density at radius 3 is 2.62 bits per heavy atom. The molecule has 1 rings (SSSR count). The standard InChI is InChI=1S/C14H24N2/c1-3-4-5-6-7-8-10-16-14-12-15-11-9-13(14)2/h9,11-12,16H,3-8,10H2,1-2H3. The second kappa shape index (κ2) is 8.14. The van der Waals surface area contributed by atoms with Gasteiger partial charge >= 0.3 is 0 Å². The zero-order chi connectivity index (χ0) is 11.6. The first-order valence-corrected chi connectivity index (χ1v) is 6.49. The molecule has 0 saturated heterocycles. The predicted octanol–water partition coefficient (Wildman–Crippen LogP) is 4.16. The molecule has 0 aliphatic carbocycles. The van der Waals surface area contributed by atoms with E-state index in [0.717, 1.165) is 6.54 Å². The van der Waals surface area contributed by atoms with Crippen LogP contribution in [-0.4, -0.2) is 11.5 Å². The van der Waals surface area contributed by atoms with Gasteiger partial charge in [0.15, 0.2) is 0 Å². The molecule has 0 amide bonds. The maximum atomic E-state index is 4.12.